The predicted octanol–water partition coefficient (Wildman–Crippen LogP) is 5.58. The van der Waals surface area contributed by atoms with Crippen molar-refractivity contribution in [3.05, 3.63) is 25.0 Å². The van der Waals surface area contributed by atoms with Crippen molar-refractivity contribution in [2.24, 2.45) is 0 Å². The number of halogens is 3. The fourth-order valence-corrected chi connectivity index (χ4v) is 4.18. The molecule has 1 rings (SSSR count). The molecule has 0 aliphatic carbocycles. The van der Waals surface area contributed by atoms with Crippen molar-refractivity contribution in [1.29, 1.82) is 0 Å². The molecule has 0 aromatic rings. The molecule has 1 fully saturated rings. The number of ether oxygens (including phenoxy) is 7. The van der Waals surface area contributed by atoms with E-state index in [1.165, 1.54) is 31.6 Å². The summed E-state index contributed by atoms with van der Waals surface area (Å²) < 4.78 is 36.3. The summed E-state index contributed by atoms with van der Waals surface area (Å²) in [5.74, 6) is 0. The van der Waals surface area contributed by atoms with Crippen LogP contribution in [0.5, 0.6) is 0 Å². The van der Waals surface area contributed by atoms with E-state index in [1.54, 1.807) is 20.1 Å². The first-order valence-electron chi connectivity index (χ1n) is 13.7. The van der Waals surface area contributed by atoms with Crippen LogP contribution in [-0.4, -0.2) is 91.4 Å². The van der Waals surface area contributed by atoms with Crippen LogP contribution >= 0.6 is 34.8 Å². The Morgan fingerprint density at radius 1 is 1.12 bits per heavy atom. The molecular weight excluding hydrogens is 605 g/mol. The molecule has 1 saturated heterocycles. The van der Waals surface area contributed by atoms with Crippen molar-refractivity contribution < 1.29 is 47.9 Å². The molecule has 14 heteroatoms. The number of rotatable bonds is 19. The number of allylic oxidation sites excluding steroid dienone is 1. The number of carbonyl (C=O) groups excluding carboxylic acids is 2. The molecule has 0 bridgehead atoms. The molecule has 6 atom stereocenters. The molecule has 1 aliphatic rings. The maximum atomic E-state index is 12.6. The first-order valence-corrected chi connectivity index (χ1v) is 14.8. The lowest BCUT2D eigenvalue weighted by atomic mass is 9.96. The molecule has 1 aliphatic heterocycles. The highest BCUT2D eigenvalue weighted by molar-refractivity contribution is 6.67. The smallest absolute Gasteiger partial charge is 0.471 e. The maximum Gasteiger partial charge on any atom is 0.508 e. The van der Waals surface area contributed by atoms with Gasteiger partial charge in [-0.05, 0) is 19.8 Å². The van der Waals surface area contributed by atoms with Crippen LogP contribution in [-0.2, 0) is 33.2 Å². The molecule has 2 N–H and O–H groups in total. The lowest BCUT2D eigenvalue weighted by Crippen LogP contribution is -2.65. The van der Waals surface area contributed by atoms with Gasteiger partial charge in [0.05, 0.1) is 12.4 Å². The first-order chi connectivity index (χ1) is 19.6. The number of carbonyl (C=O) groups is 2. The molecule has 11 nitrogen and oxygen atoms in total. The molecular formula is C27H44Cl3NO10. The van der Waals surface area contributed by atoms with Gasteiger partial charge in [-0.2, -0.15) is 0 Å². The molecule has 238 valence electrons. The maximum absolute atomic E-state index is 12.6. The van der Waals surface area contributed by atoms with Crippen molar-refractivity contribution in [2.75, 3.05) is 33.5 Å². The number of alkyl carbamates (subject to hydrolysis) is 1. The Labute approximate surface area is 257 Å². The number of aliphatic hydroxyl groups excluding tert-OH is 1. The minimum absolute atomic E-state index is 0.0484. The highest BCUT2D eigenvalue weighted by atomic mass is 35.6. The van der Waals surface area contributed by atoms with E-state index in [-0.39, 0.29) is 25.9 Å². The molecule has 0 unspecified atom stereocenters. The minimum Gasteiger partial charge on any atom is -0.471 e. The van der Waals surface area contributed by atoms with Gasteiger partial charge in [-0.25, -0.2) is 9.59 Å². The SMILES string of the molecule is C=CCOC(=O)OC[C@H]1O[C@H](OC=CC)[C@H](NC(=O)OCC(Cl)(Cl)Cl)[C@@H](OCC[C@@H](CCCCCCC)OC)[C@@H]1O. The van der Waals surface area contributed by atoms with Gasteiger partial charge in [-0.15, -0.1) is 0 Å². The van der Waals surface area contributed by atoms with Gasteiger partial charge < -0.3 is 43.6 Å². The van der Waals surface area contributed by atoms with Crippen LogP contribution in [0.1, 0.15) is 58.8 Å². The molecule has 41 heavy (non-hydrogen) atoms. The van der Waals surface area contributed by atoms with E-state index >= 15 is 0 Å². The van der Waals surface area contributed by atoms with Gasteiger partial charge in [-0.1, -0.05) is 92.6 Å². The first kappa shape index (κ1) is 37.6. The standard InChI is InChI=1S/C27H44Cl3NO10/c1-5-8-9-10-11-12-19(35-4)13-16-36-23-21(31-25(33)40-18-27(28,29)30)24(37-14-6-2)41-20(22(23)32)17-39-26(34)38-15-7-3/h6-7,14,19-24,32H,3,5,8-13,15-18H2,1-2,4H3,(H,31,33)/t19-,20-,21-,22-,23-,24+/m1/s1. The Morgan fingerprint density at radius 2 is 1.85 bits per heavy atom. The summed E-state index contributed by atoms with van der Waals surface area (Å²) in [6, 6.07) is -1.07. The van der Waals surface area contributed by atoms with Crippen molar-refractivity contribution in [1.82, 2.24) is 5.32 Å². The van der Waals surface area contributed by atoms with Crippen LogP contribution in [0.3, 0.4) is 0 Å². The number of unbranched alkanes of at least 4 members (excludes halogenated alkanes) is 4. The van der Waals surface area contributed by atoms with E-state index in [0.29, 0.717) is 6.42 Å². The lowest BCUT2D eigenvalue weighted by molar-refractivity contribution is -0.263. The van der Waals surface area contributed by atoms with Crippen LogP contribution in [0.2, 0.25) is 0 Å². The topological polar surface area (TPSA) is 131 Å². The van der Waals surface area contributed by atoms with E-state index in [1.807, 2.05) is 0 Å². The molecule has 1 amide bonds. The van der Waals surface area contributed by atoms with Crippen molar-refractivity contribution in [2.45, 2.75) is 99.3 Å². The third-order valence-corrected chi connectivity index (χ3v) is 6.40. The van der Waals surface area contributed by atoms with E-state index < -0.39 is 53.3 Å². The second-order valence-corrected chi connectivity index (χ2v) is 11.9. The Bertz CT molecular complexity index is 783. The van der Waals surface area contributed by atoms with Gasteiger partial charge >= 0.3 is 12.2 Å². The van der Waals surface area contributed by atoms with Crippen molar-refractivity contribution in [3.63, 3.8) is 0 Å². The van der Waals surface area contributed by atoms with Crippen LogP contribution in [0.4, 0.5) is 9.59 Å². The summed E-state index contributed by atoms with van der Waals surface area (Å²) in [7, 11) is 1.64. The molecule has 0 saturated carbocycles. The Balaban J connectivity index is 3.01. The number of methoxy groups -OCH3 is 1. The average Bonchev–Trinajstić information content (AvgIpc) is 2.93. The van der Waals surface area contributed by atoms with Crippen LogP contribution in [0.25, 0.3) is 0 Å². The van der Waals surface area contributed by atoms with Crippen molar-refractivity contribution >= 4 is 47.1 Å². The van der Waals surface area contributed by atoms with Crippen molar-refractivity contribution in [3.8, 4) is 0 Å². The summed E-state index contributed by atoms with van der Waals surface area (Å²) in [5, 5.41) is 13.8. The lowest BCUT2D eigenvalue weighted by Gasteiger charge is -2.43. The Morgan fingerprint density at radius 3 is 2.49 bits per heavy atom. The zero-order valence-corrected chi connectivity index (χ0v) is 26.2. The van der Waals surface area contributed by atoms with E-state index in [4.69, 9.17) is 68.0 Å². The molecule has 0 spiro atoms. The number of alkyl halides is 3. The summed E-state index contributed by atoms with van der Waals surface area (Å²) in [6.45, 7) is 6.58. The summed E-state index contributed by atoms with van der Waals surface area (Å²) in [4.78, 5) is 24.4. The molecule has 1 heterocycles. The number of hydrogen-bond donors (Lipinski definition) is 2. The van der Waals surface area contributed by atoms with Crippen LogP contribution < -0.4 is 5.32 Å². The van der Waals surface area contributed by atoms with Crippen LogP contribution in [0.15, 0.2) is 25.0 Å². The third-order valence-electron chi connectivity index (χ3n) is 6.07. The summed E-state index contributed by atoms with van der Waals surface area (Å²) >= 11 is 17.1. The van der Waals surface area contributed by atoms with E-state index in [2.05, 4.69) is 18.8 Å². The molecule has 0 aromatic heterocycles. The second-order valence-electron chi connectivity index (χ2n) is 9.35. The number of aliphatic hydroxyl groups is 1. The quantitative estimate of drug-likeness (QED) is 0.0602. The zero-order chi connectivity index (χ0) is 30.7. The van der Waals surface area contributed by atoms with Crippen LogP contribution in [0, 0.1) is 0 Å². The second kappa shape index (κ2) is 21.3. The van der Waals surface area contributed by atoms with Gasteiger partial charge in [0.15, 0.2) is 0 Å². The Hall–Kier alpha value is -1.47. The predicted molar refractivity (Wildman–Crippen MR) is 155 cm³/mol. The monoisotopic (exact) mass is 647 g/mol. The third kappa shape index (κ3) is 16.1. The van der Waals surface area contributed by atoms with E-state index in [0.717, 1.165) is 19.3 Å². The normalized spacial score (nSPS) is 23.5. The van der Waals surface area contributed by atoms with Gasteiger partial charge in [0.1, 0.15) is 44.2 Å². The fourth-order valence-electron chi connectivity index (χ4n) is 4.01. The zero-order valence-electron chi connectivity index (χ0n) is 23.9. The fraction of sp³-hybridized carbons (Fsp3) is 0.778. The van der Waals surface area contributed by atoms with Gasteiger partial charge in [0.25, 0.3) is 0 Å². The highest BCUT2D eigenvalue weighted by Gasteiger charge is 2.48. The minimum atomic E-state index is -1.83. The Kier molecular flexibility index (Phi) is 19.5. The highest BCUT2D eigenvalue weighted by Crippen LogP contribution is 2.28. The summed E-state index contributed by atoms with van der Waals surface area (Å²) in [5.41, 5.74) is 0. The summed E-state index contributed by atoms with van der Waals surface area (Å²) in [6.07, 6.45) is 4.76. The largest absolute Gasteiger partial charge is 0.508 e. The number of hydrogen-bond acceptors (Lipinski definition) is 10. The number of nitrogens with one attached hydrogen (secondary N) is 1. The number of amides is 1. The molecule has 0 radical (unpaired) electrons. The van der Waals surface area contributed by atoms with Gasteiger partial charge in [-0.3, -0.25) is 0 Å². The average molecular weight is 649 g/mol. The van der Waals surface area contributed by atoms with Gasteiger partial charge in [0.2, 0.25) is 10.1 Å². The van der Waals surface area contributed by atoms with E-state index in [9.17, 15) is 14.7 Å². The van der Waals surface area contributed by atoms with Gasteiger partial charge in [0, 0.05) is 13.7 Å². The molecule has 0 aromatic carbocycles.